The van der Waals surface area contributed by atoms with Crippen LogP contribution >= 0.6 is 9.12 Å². The Bertz CT molecular complexity index is 8.00. The van der Waals surface area contributed by atoms with Gasteiger partial charge in [0.15, 0.2) is 0 Å². The van der Waals surface area contributed by atoms with Gasteiger partial charge in [-0.3, -0.25) is 0 Å². The second-order valence-corrected chi connectivity index (χ2v) is 0. The smallest absolute Gasteiger partial charge is 0.0996 e. The Balaban J connectivity index is -0.00000000500. The molecule has 0 aliphatic rings. The van der Waals surface area contributed by atoms with Gasteiger partial charge >= 0.3 is 0 Å². The van der Waals surface area contributed by atoms with E-state index in [0.29, 0.717) is 0 Å². The second kappa shape index (κ2) is 24.4. The maximum Gasteiger partial charge on any atom is 0.0996 e. The van der Waals surface area contributed by atoms with Crippen LogP contribution in [-0.4, -0.2) is 7.57 Å². The average molecular weight is 158 g/mol. The van der Waals surface area contributed by atoms with E-state index >= 15 is 0 Å². The molecule has 1 unspecified atom stereocenters. The molecule has 0 saturated carbocycles. The Morgan fingerprint density at radius 1 is 1.25 bits per heavy atom. The molecule has 4 heavy (non-hydrogen) atoms. The summed E-state index contributed by atoms with van der Waals surface area (Å²) in [6.07, 6.45) is 0. The molecule has 4 heteroatoms. The van der Waals surface area contributed by atoms with Gasteiger partial charge in [-0.05, 0) is 0 Å². The zero-order chi connectivity index (χ0) is 2.00. The van der Waals surface area contributed by atoms with Crippen molar-refractivity contribution in [1.29, 1.82) is 0 Å². The van der Waals surface area contributed by atoms with Crippen molar-refractivity contribution in [3.8, 4) is 0 Å². The van der Waals surface area contributed by atoms with Crippen molar-refractivity contribution >= 4 is 16.7 Å². The van der Waals surface area contributed by atoms with E-state index in [4.69, 9.17) is 0 Å². The van der Waals surface area contributed by atoms with E-state index in [1.165, 1.54) is 0 Å². The number of rotatable bonds is 0. The van der Waals surface area contributed by atoms with Crippen molar-refractivity contribution in [3.05, 3.63) is 0 Å². The van der Waals surface area contributed by atoms with Crippen LogP contribution in [0, 0.1) is 0 Å². The van der Waals surface area contributed by atoms with E-state index in [-0.39, 0.29) is 33.6 Å². The molecular formula is H2BFeNiP. The first-order valence-corrected chi connectivity index (χ1v) is 1.00. The van der Waals surface area contributed by atoms with E-state index in [1.54, 1.807) is 0 Å². The fraction of sp³-hybridized carbons (Fsp3) is 0. The fourth-order valence-electron chi connectivity index (χ4n) is 0. The van der Waals surface area contributed by atoms with E-state index in [9.17, 15) is 0 Å². The Morgan fingerprint density at radius 3 is 1.25 bits per heavy atom. The Kier molecular flexibility index (Phi) is 109. The van der Waals surface area contributed by atoms with Crippen LogP contribution in [-0.2, 0) is 33.6 Å². The van der Waals surface area contributed by atoms with Gasteiger partial charge in [0.05, 0.1) is 7.57 Å². The summed E-state index contributed by atoms with van der Waals surface area (Å²) in [5, 5.41) is 0. The number of hydrogen-bond acceptors (Lipinski definition) is 0. The van der Waals surface area contributed by atoms with Crippen LogP contribution in [0.1, 0.15) is 0 Å². The largest absolute Gasteiger partial charge is 0.187 e. The normalized spacial score (nSPS) is 1.25. The number of hydrogen-bond donors (Lipinski definition) is 0. The molecule has 0 rings (SSSR count). The van der Waals surface area contributed by atoms with Gasteiger partial charge in [-0.15, -0.1) is 0 Å². The molecule has 28 valence electrons. The Labute approximate surface area is 50.5 Å². The summed E-state index contributed by atoms with van der Waals surface area (Å²) in [4.78, 5) is 0. The van der Waals surface area contributed by atoms with Gasteiger partial charge in [0, 0.05) is 33.6 Å². The molecule has 0 fully saturated rings. The molecular weight excluding hydrogens is 156 g/mol. The maximum absolute atomic E-state index is 4.42. The summed E-state index contributed by atoms with van der Waals surface area (Å²) in [6.45, 7) is 0. The molecule has 0 spiro atoms. The molecule has 0 heterocycles. The van der Waals surface area contributed by atoms with Crippen LogP contribution in [0.2, 0.25) is 0 Å². The first-order chi connectivity index (χ1) is 1.00. The molecule has 0 aromatic carbocycles. The summed E-state index contributed by atoms with van der Waals surface area (Å²) in [5.74, 6) is 0. The second-order valence-electron chi connectivity index (χ2n) is 0. The van der Waals surface area contributed by atoms with Crippen molar-refractivity contribution in [1.82, 2.24) is 0 Å². The average Bonchev–Trinajstić information content (AvgIpc) is 1.00. The van der Waals surface area contributed by atoms with Gasteiger partial charge in [0.25, 0.3) is 0 Å². The zero-order valence-corrected chi connectivity index (χ0v) is 5.07. The maximum atomic E-state index is 4.42. The minimum Gasteiger partial charge on any atom is -0.187 e. The SMILES string of the molecule is [B]P.[Fe].[Ni]. The summed E-state index contributed by atoms with van der Waals surface area (Å²) in [5.41, 5.74) is 0. The monoisotopic (exact) mass is 158 g/mol. The topological polar surface area (TPSA) is 0 Å². The predicted octanol–water partition coefficient (Wildman–Crippen LogP) is -0.0600. The minimum absolute atomic E-state index is 0. The Morgan fingerprint density at radius 2 is 1.25 bits per heavy atom. The van der Waals surface area contributed by atoms with Crippen molar-refractivity contribution in [2.75, 3.05) is 0 Å². The standard InChI is InChI=1S/BH2P.Fe.Ni/c1-2;;/h2H2;;. The molecule has 0 amide bonds. The van der Waals surface area contributed by atoms with Crippen LogP contribution in [0.5, 0.6) is 0 Å². The quantitative estimate of drug-likeness (QED) is 0.342. The van der Waals surface area contributed by atoms with Gasteiger partial charge in [-0.1, -0.05) is 0 Å². The van der Waals surface area contributed by atoms with Gasteiger partial charge < -0.3 is 0 Å². The van der Waals surface area contributed by atoms with Crippen LogP contribution in [0.15, 0.2) is 0 Å². The van der Waals surface area contributed by atoms with Gasteiger partial charge in [-0.25, -0.2) is 0 Å². The summed E-state index contributed by atoms with van der Waals surface area (Å²) in [7, 11) is 6.33. The van der Waals surface area contributed by atoms with Crippen molar-refractivity contribution < 1.29 is 33.6 Å². The van der Waals surface area contributed by atoms with Crippen molar-refractivity contribution in [3.63, 3.8) is 0 Å². The molecule has 0 aliphatic heterocycles. The molecule has 0 aromatic heterocycles. The van der Waals surface area contributed by atoms with Crippen molar-refractivity contribution in [2.45, 2.75) is 0 Å². The van der Waals surface area contributed by atoms with E-state index in [2.05, 4.69) is 7.57 Å². The molecule has 0 aliphatic carbocycles. The van der Waals surface area contributed by atoms with E-state index < -0.39 is 0 Å². The summed E-state index contributed by atoms with van der Waals surface area (Å²) < 4.78 is 0. The first kappa shape index (κ1) is 17.8. The van der Waals surface area contributed by atoms with Crippen LogP contribution < -0.4 is 0 Å². The third-order valence-electron chi connectivity index (χ3n) is 0. The van der Waals surface area contributed by atoms with Crippen LogP contribution in [0.3, 0.4) is 0 Å². The van der Waals surface area contributed by atoms with Gasteiger partial charge in [-0.2, -0.15) is 9.12 Å². The van der Waals surface area contributed by atoms with Crippen molar-refractivity contribution in [2.24, 2.45) is 0 Å². The van der Waals surface area contributed by atoms with Crippen LogP contribution in [0.25, 0.3) is 0 Å². The molecule has 1 atom stereocenters. The third kappa shape index (κ3) is 9.70. The zero-order valence-electron chi connectivity index (χ0n) is 1.82. The predicted molar refractivity (Wildman–Crippen MR) is 15.5 cm³/mol. The molecule has 0 nitrogen and oxygen atoms in total. The summed E-state index contributed by atoms with van der Waals surface area (Å²) in [6, 6.07) is 0. The van der Waals surface area contributed by atoms with E-state index in [0.717, 1.165) is 0 Å². The van der Waals surface area contributed by atoms with E-state index in [1.807, 2.05) is 9.12 Å². The molecule has 0 bridgehead atoms. The molecule has 0 saturated heterocycles. The van der Waals surface area contributed by atoms with Gasteiger partial charge in [0.1, 0.15) is 0 Å². The third-order valence-corrected chi connectivity index (χ3v) is 0. The molecule has 0 aromatic rings. The minimum atomic E-state index is 0. The first-order valence-electron chi connectivity index (χ1n) is 0.333. The summed E-state index contributed by atoms with van der Waals surface area (Å²) >= 11 is 0. The molecule has 2 radical (unpaired) electrons. The Hall–Kier alpha value is 1.51. The van der Waals surface area contributed by atoms with Gasteiger partial charge in [0.2, 0.25) is 0 Å². The fourth-order valence-corrected chi connectivity index (χ4v) is 0. The van der Waals surface area contributed by atoms with Crippen LogP contribution in [0.4, 0.5) is 0 Å². The molecule has 0 N–H and O–H groups in total.